The van der Waals surface area contributed by atoms with Crippen molar-refractivity contribution in [1.82, 2.24) is 0 Å². The molecule has 3 aliphatic carbocycles. The van der Waals surface area contributed by atoms with Crippen LogP contribution in [0.2, 0.25) is 0 Å². The minimum Gasteiger partial charge on any atom is -0.469 e. The number of fused-ring (bicyclic) bond motifs is 5. The monoisotopic (exact) mass is 348 g/mol. The minimum atomic E-state index is -0.573. The van der Waals surface area contributed by atoms with Crippen LogP contribution in [0.1, 0.15) is 46.0 Å². The van der Waals surface area contributed by atoms with Gasteiger partial charge in [0.2, 0.25) is 0 Å². The quantitative estimate of drug-likeness (QED) is 0.545. The minimum absolute atomic E-state index is 0.0339. The van der Waals surface area contributed by atoms with Gasteiger partial charge < -0.3 is 9.47 Å². The fourth-order valence-corrected chi connectivity index (χ4v) is 5.72. The highest BCUT2D eigenvalue weighted by Crippen LogP contribution is 2.68. The van der Waals surface area contributed by atoms with E-state index in [1.54, 1.807) is 0 Å². The predicted molar refractivity (Wildman–Crippen MR) is 91.4 cm³/mol. The zero-order valence-corrected chi connectivity index (χ0v) is 15.5. The summed E-state index contributed by atoms with van der Waals surface area (Å²) >= 11 is 0. The van der Waals surface area contributed by atoms with E-state index >= 15 is 0 Å². The Morgan fingerprint density at radius 3 is 2.48 bits per heavy atom. The second-order valence-electron chi connectivity index (χ2n) is 7.99. The number of ketones is 1. The highest BCUT2D eigenvalue weighted by molar-refractivity contribution is 6.02. The van der Waals surface area contributed by atoms with Crippen molar-refractivity contribution in [1.29, 1.82) is 0 Å². The Morgan fingerprint density at radius 1 is 1.20 bits per heavy atom. The van der Waals surface area contributed by atoms with Gasteiger partial charge in [0, 0.05) is 5.92 Å². The molecule has 138 valence electrons. The maximum absolute atomic E-state index is 13.0. The average Bonchev–Trinajstić information content (AvgIpc) is 3.19. The first-order valence-corrected chi connectivity index (χ1v) is 9.31. The lowest BCUT2D eigenvalue weighted by Gasteiger charge is -2.40. The Kier molecular flexibility index (Phi) is 4.78. The summed E-state index contributed by atoms with van der Waals surface area (Å²) in [5.74, 6) is -1.94. The third-order valence-electron chi connectivity index (χ3n) is 6.79. The first-order chi connectivity index (χ1) is 11.9. The van der Waals surface area contributed by atoms with Crippen LogP contribution in [0.3, 0.4) is 0 Å². The second-order valence-corrected chi connectivity index (χ2v) is 7.99. The lowest BCUT2D eigenvalue weighted by Crippen LogP contribution is -2.47. The van der Waals surface area contributed by atoms with E-state index in [2.05, 4.69) is 13.0 Å². The van der Waals surface area contributed by atoms with Crippen LogP contribution in [-0.4, -0.2) is 31.9 Å². The molecule has 0 unspecified atom stereocenters. The van der Waals surface area contributed by atoms with E-state index in [0.29, 0.717) is 6.42 Å². The second kappa shape index (κ2) is 6.58. The number of ether oxygens (including phenoxy) is 2. The normalized spacial score (nSPS) is 38.5. The molecule has 0 aliphatic heterocycles. The summed E-state index contributed by atoms with van der Waals surface area (Å²) in [6.45, 7) is 4.18. The number of hydrogen-bond acceptors (Lipinski definition) is 5. The number of allylic oxidation sites excluding steroid dienone is 2. The highest BCUT2D eigenvalue weighted by Gasteiger charge is 2.71. The van der Waals surface area contributed by atoms with Gasteiger partial charge in [-0.05, 0) is 42.1 Å². The topological polar surface area (TPSA) is 69.7 Å². The highest BCUT2D eigenvalue weighted by atomic mass is 16.5. The molecule has 0 aromatic heterocycles. The first kappa shape index (κ1) is 18.2. The van der Waals surface area contributed by atoms with E-state index in [4.69, 9.17) is 9.47 Å². The van der Waals surface area contributed by atoms with Crippen molar-refractivity contribution in [3.8, 4) is 0 Å². The van der Waals surface area contributed by atoms with Crippen LogP contribution < -0.4 is 0 Å². The number of esters is 2. The third-order valence-corrected chi connectivity index (χ3v) is 6.79. The Labute approximate surface area is 149 Å². The number of Topliss-reactive ketones (excluding diaryl/α,β-unsaturated/α-hetero) is 1. The molecule has 2 saturated carbocycles. The van der Waals surface area contributed by atoms with Gasteiger partial charge in [-0.3, -0.25) is 14.4 Å². The number of rotatable bonds is 6. The molecule has 6 atom stereocenters. The van der Waals surface area contributed by atoms with Crippen LogP contribution in [0, 0.1) is 35.0 Å². The number of hydrogen-bond donors (Lipinski definition) is 0. The van der Waals surface area contributed by atoms with Gasteiger partial charge in [-0.2, -0.15) is 0 Å². The molecule has 0 spiro atoms. The maximum Gasteiger partial charge on any atom is 0.310 e. The molecule has 0 N–H and O–H groups in total. The SMILES string of the molecule is CCCCCC1=C[C@@H]2[C@H](C1=O)[C@@H]1C[C@@]2(C)[C@H](C(=O)OC)[C@@H]1C(=O)OC. The fraction of sp³-hybridized carbons (Fsp3) is 0.750. The van der Waals surface area contributed by atoms with Gasteiger partial charge in [0.25, 0.3) is 0 Å². The van der Waals surface area contributed by atoms with E-state index in [1.165, 1.54) is 14.2 Å². The number of carbonyl (C=O) groups is 3. The van der Waals surface area contributed by atoms with Crippen molar-refractivity contribution in [2.24, 2.45) is 35.0 Å². The lowest BCUT2D eigenvalue weighted by molar-refractivity contribution is -0.165. The smallest absolute Gasteiger partial charge is 0.310 e. The molecular weight excluding hydrogens is 320 g/mol. The Balaban J connectivity index is 1.93. The van der Waals surface area contributed by atoms with Crippen LogP contribution in [-0.2, 0) is 23.9 Å². The largest absolute Gasteiger partial charge is 0.469 e. The van der Waals surface area contributed by atoms with Crippen LogP contribution in [0.5, 0.6) is 0 Å². The van der Waals surface area contributed by atoms with Crippen molar-refractivity contribution in [3.63, 3.8) is 0 Å². The lowest BCUT2D eigenvalue weighted by atomic mass is 9.62. The van der Waals surface area contributed by atoms with Gasteiger partial charge in [-0.25, -0.2) is 0 Å². The predicted octanol–water partition coefficient (Wildman–Crippen LogP) is 2.93. The van der Waals surface area contributed by atoms with Crippen molar-refractivity contribution >= 4 is 17.7 Å². The standard InChI is InChI=1S/C20H28O5/c1-5-6-7-8-11-9-13-14(17(11)21)12-10-20(13,2)16(19(23)25-4)15(12)18(22)24-3/h9,12-16H,5-8,10H2,1-4H3/t12-,13+,14+,15+,16-,20+/m0/s1. The molecule has 5 heteroatoms. The Hall–Kier alpha value is -1.65. The van der Waals surface area contributed by atoms with E-state index in [-0.39, 0.29) is 29.5 Å². The summed E-state index contributed by atoms with van der Waals surface area (Å²) < 4.78 is 9.98. The van der Waals surface area contributed by atoms with E-state index in [1.807, 2.05) is 6.92 Å². The molecular formula is C20H28O5. The summed E-state index contributed by atoms with van der Waals surface area (Å²) in [6.07, 6.45) is 6.84. The van der Waals surface area contributed by atoms with Crippen LogP contribution in [0.25, 0.3) is 0 Å². The average molecular weight is 348 g/mol. The zero-order chi connectivity index (χ0) is 18.4. The Bertz CT molecular complexity index is 622. The van der Waals surface area contributed by atoms with Gasteiger partial charge in [0.05, 0.1) is 26.1 Å². The summed E-state index contributed by atoms with van der Waals surface area (Å²) in [5.41, 5.74) is 0.484. The Morgan fingerprint density at radius 2 is 1.88 bits per heavy atom. The summed E-state index contributed by atoms with van der Waals surface area (Å²) in [7, 11) is 2.70. The molecule has 0 heterocycles. The number of carbonyl (C=O) groups excluding carboxylic acids is 3. The summed E-state index contributed by atoms with van der Waals surface area (Å²) in [4.78, 5) is 37.9. The van der Waals surface area contributed by atoms with Crippen LogP contribution in [0.4, 0.5) is 0 Å². The van der Waals surface area contributed by atoms with Gasteiger partial charge >= 0.3 is 11.9 Å². The van der Waals surface area contributed by atoms with E-state index in [0.717, 1.165) is 31.3 Å². The van der Waals surface area contributed by atoms with E-state index < -0.39 is 23.2 Å². The molecule has 0 saturated heterocycles. The van der Waals surface area contributed by atoms with Crippen LogP contribution in [0.15, 0.2) is 11.6 Å². The van der Waals surface area contributed by atoms with Crippen molar-refractivity contribution < 1.29 is 23.9 Å². The van der Waals surface area contributed by atoms with Crippen molar-refractivity contribution in [2.45, 2.75) is 46.0 Å². The molecule has 3 aliphatic rings. The molecule has 0 amide bonds. The third kappa shape index (κ3) is 2.54. The molecule has 3 rings (SSSR count). The zero-order valence-electron chi connectivity index (χ0n) is 15.5. The molecule has 0 aromatic carbocycles. The number of unbranched alkanes of at least 4 members (excludes halogenated alkanes) is 2. The summed E-state index contributed by atoms with van der Waals surface area (Å²) in [6, 6.07) is 0. The van der Waals surface area contributed by atoms with Crippen LogP contribution >= 0.6 is 0 Å². The molecule has 2 fully saturated rings. The molecule has 2 bridgehead atoms. The summed E-state index contributed by atoms with van der Waals surface area (Å²) in [5, 5.41) is 0. The van der Waals surface area contributed by atoms with Crippen molar-refractivity contribution in [2.75, 3.05) is 14.2 Å². The number of methoxy groups -OCH3 is 2. The molecule has 0 radical (unpaired) electrons. The maximum atomic E-state index is 13.0. The van der Waals surface area contributed by atoms with Gasteiger partial charge in [0.1, 0.15) is 0 Å². The van der Waals surface area contributed by atoms with Gasteiger partial charge in [-0.15, -0.1) is 0 Å². The molecule has 5 nitrogen and oxygen atoms in total. The van der Waals surface area contributed by atoms with Gasteiger partial charge in [0.15, 0.2) is 5.78 Å². The van der Waals surface area contributed by atoms with E-state index in [9.17, 15) is 14.4 Å². The molecule has 0 aromatic rings. The molecule has 25 heavy (non-hydrogen) atoms. The van der Waals surface area contributed by atoms with Crippen molar-refractivity contribution in [3.05, 3.63) is 11.6 Å². The first-order valence-electron chi connectivity index (χ1n) is 9.31. The van der Waals surface area contributed by atoms with Gasteiger partial charge in [-0.1, -0.05) is 32.8 Å². The fourth-order valence-electron chi connectivity index (χ4n) is 5.72.